The number of anilines is 1. The summed E-state index contributed by atoms with van der Waals surface area (Å²) in [7, 11) is 4.86. The van der Waals surface area contributed by atoms with Gasteiger partial charge in [-0.1, -0.05) is 115 Å². The first-order chi connectivity index (χ1) is 38.5. The molecule has 79 heavy (non-hydrogen) atoms. The molecule has 3 atom stereocenters. The van der Waals surface area contributed by atoms with Crippen LogP contribution in [0.1, 0.15) is 81.6 Å². The molecule has 0 radical (unpaired) electrons. The number of nitrogens with one attached hydrogen (secondary N) is 1. The van der Waals surface area contributed by atoms with Crippen molar-refractivity contribution in [2.75, 3.05) is 52.9 Å². The summed E-state index contributed by atoms with van der Waals surface area (Å²) in [6.07, 6.45) is 1.15. The van der Waals surface area contributed by atoms with Crippen molar-refractivity contribution in [2.45, 2.75) is 62.1 Å². The average Bonchev–Trinajstić information content (AvgIpc) is 4.22. The van der Waals surface area contributed by atoms with E-state index in [0.717, 1.165) is 44.5 Å². The normalized spacial score (nSPS) is 15.7. The third-order valence-electron chi connectivity index (χ3n) is 14.6. The number of aliphatic hydroxyl groups is 1. The van der Waals surface area contributed by atoms with Crippen molar-refractivity contribution in [1.82, 2.24) is 24.4 Å². The Morgan fingerprint density at radius 3 is 1.99 bits per heavy atom. The lowest BCUT2D eigenvalue weighted by molar-refractivity contribution is -0.148. The van der Waals surface area contributed by atoms with Gasteiger partial charge in [-0.05, 0) is 93.7 Å². The van der Waals surface area contributed by atoms with Crippen LogP contribution in [0.4, 0.5) is 10.6 Å². The SMILES string of the molecule is COc1ccc(C(OC[C@H]2O[C@@H](n3cnc4c(NC(=O)c5ccc(CCC(=O)COC(=O)CCCN(C)C(=O)OCC6c7ccccc7-c7ccccc76)cc5)ncnc43)CC2O)(c2ccccc2)c2ccc(OC)cc2)cc1. The largest absolute Gasteiger partial charge is 0.497 e. The number of imidazole rings is 1. The topological polar surface area (TPSA) is 203 Å². The number of ether oxygens (including phenoxy) is 6. The molecule has 17 nitrogen and oxygen atoms in total. The maximum atomic E-state index is 13.5. The third kappa shape index (κ3) is 11.7. The number of hydrogen-bond donors (Lipinski definition) is 2. The molecular formula is C62H60N6O11. The number of rotatable bonds is 22. The van der Waals surface area contributed by atoms with Crippen molar-refractivity contribution < 1.29 is 52.7 Å². The van der Waals surface area contributed by atoms with Gasteiger partial charge in [0.05, 0.1) is 33.3 Å². The standard InChI is InChI=1S/C62H60N6O11/c1-67(61(73)77-36-52-50-16-9-7-14-48(50)49-15-8-10-17-51(49)52)33-11-18-56(71)76-35-45(69)28-21-40-19-22-41(23-20-40)60(72)66-58-57-59(64-38-63-58)68(39-65-57)55-34-53(70)54(79-55)37-78-62(42-12-5-4-6-13-42,43-24-29-46(74-2)30-25-43)44-26-31-47(75-3)32-27-44/h4-10,12-17,19-20,22-27,29-32,38-39,52-55,70H,11,18,21,28,33-37H2,1-3H3,(H,63,64,66,72)/t53?,54-,55-/m1/s1. The fourth-order valence-electron chi connectivity index (χ4n) is 10.3. The first-order valence-electron chi connectivity index (χ1n) is 26.2. The number of Topliss-reactive ketones (excluding diaryl/α,β-unsaturated/α-hetero) is 1. The lowest BCUT2D eigenvalue weighted by Crippen LogP contribution is -2.38. The van der Waals surface area contributed by atoms with Crippen LogP contribution in [0.3, 0.4) is 0 Å². The van der Waals surface area contributed by atoms with Gasteiger partial charge in [0.25, 0.3) is 5.91 Å². The number of aromatic nitrogens is 4. The average molecular weight is 1070 g/mol. The number of aryl methyl sites for hydroxylation is 1. The Hall–Kier alpha value is -8.77. The molecule has 17 heteroatoms. The highest BCUT2D eigenvalue weighted by atomic mass is 16.6. The summed E-state index contributed by atoms with van der Waals surface area (Å²) in [4.78, 5) is 66.4. The van der Waals surface area contributed by atoms with Crippen molar-refractivity contribution in [3.8, 4) is 22.6 Å². The van der Waals surface area contributed by atoms with Crippen LogP contribution in [-0.2, 0) is 40.6 Å². The second-order valence-corrected chi connectivity index (χ2v) is 19.5. The van der Waals surface area contributed by atoms with Crippen molar-refractivity contribution in [2.24, 2.45) is 0 Å². The van der Waals surface area contributed by atoms with Crippen molar-refractivity contribution in [3.05, 3.63) is 203 Å². The summed E-state index contributed by atoms with van der Waals surface area (Å²) in [5.74, 6) is 0.299. The summed E-state index contributed by atoms with van der Waals surface area (Å²) in [5, 5.41) is 14.4. The highest BCUT2D eigenvalue weighted by Gasteiger charge is 2.42. The second kappa shape index (κ2) is 24.3. The molecular weight excluding hydrogens is 1000 g/mol. The Kier molecular flexibility index (Phi) is 16.5. The van der Waals surface area contributed by atoms with E-state index in [1.165, 1.54) is 11.2 Å². The maximum absolute atomic E-state index is 13.5. The van der Waals surface area contributed by atoms with Gasteiger partial charge in [-0.3, -0.25) is 19.0 Å². The van der Waals surface area contributed by atoms with Crippen LogP contribution in [0.25, 0.3) is 22.3 Å². The minimum absolute atomic E-state index is 0.00810. The van der Waals surface area contributed by atoms with Gasteiger partial charge < -0.3 is 43.7 Å². The molecule has 3 heterocycles. The summed E-state index contributed by atoms with van der Waals surface area (Å²) >= 11 is 0. The summed E-state index contributed by atoms with van der Waals surface area (Å²) in [6.45, 7) is 0.124. The molecule has 2 aromatic heterocycles. The van der Waals surface area contributed by atoms with E-state index in [4.69, 9.17) is 28.4 Å². The number of esters is 1. The molecule has 0 bridgehead atoms. The Labute approximate surface area is 457 Å². The highest BCUT2D eigenvalue weighted by Crippen LogP contribution is 2.45. The molecule has 1 saturated heterocycles. The number of carbonyl (C=O) groups is 4. The number of benzene rings is 6. The van der Waals surface area contributed by atoms with Gasteiger partial charge in [-0.2, -0.15) is 0 Å². The third-order valence-corrected chi connectivity index (χ3v) is 14.6. The molecule has 1 unspecified atom stereocenters. The van der Waals surface area contributed by atoms with E-state index in [9.17, 15) is 24.3 Å². The number of methoxy groups -OCH3 is 2. The molecule has 0 spiro atoms. The molecule has 404 valence electrons. The van der Waals surface area contributed by atoms with E-state index < -0.39 is 42.0 Å². The minimum atomic E-state index is -1.12. The van der Waals surface area contributed by atoms with Gasteiger partial charge >= 0.3 is 12.1 Å². The fourth-order valence-corrected chi connectivity index (χ4v) is 10.3. The van der Waals surface area contributed by atoms with E-state index in [-0.39, 0.29) is 63.1 Å². The second-order valence-electron chi connectivity index (χ2n) is 19.5. The molecule has 8 aromatic rings. The van der Waals surface area contributed by atoms with Crippen molar-refractivity contribution >= 4 is 40.7 Å². The van der Waals surface area contributed by atoms with Crippen LogP contribution in [0, 0.1) is 0 Å². The zero-order chi connectivity index (χ0) is 54.9. The predicted molar refractivity (Wildman–Crippen MR) is 294 cm³/mol. The number of ketones is 1. The number of amides is 2. The van der Waals surface area contributed by atoms with Crippen LogP contribution in [0.2, 0.25) is 0 Å². The van der Waals surface area contributed by atoms with E-state index >= 15 is 0 Å². The number of nitrogens with zero attached hydrogens (tertiary/aromatic N) is 5. The first-order valence-corrected chi connectivity index (χ1v) is 26.2. The van der Waals surface area contributed by atoms with E-state index in [2.05, 4.69) is 44.5 Å². The lowest BCUT2D eigenvalue weighted by atomic mass is 9.80. The quantitative estimate of drug-likeness (QED) is 0.0480. The van der Waals surface area contributed by atoms with Crippen LogP contribution in [0.15, 0.2) is 164 Å². The van der Waals surface area contributed by atoms with Gasteiger partial charge in [0.1, 0.15) is 49.0 Å². The van der Waals surface area contributed by atoms with Crippen LogP contribution >= 0.6 is 0 Å². The maximum Gasteiger partial charge on any atom is 0.409 e. The smallest absolute Gasteiger partial charge is 0.409 e. The first kappa shape index (κ1) is 53.6. The van der Waals surface area contributed by atoms with Gasteiger partial charge in [-0.15, -0.1) is 0 Å². The van der Waals surface area contributed by atoms with Gasteiger partial charge in [-0.25, -0.2) is 19.7 Å². The molecule has 1 aliphatic heterocycles. The molecule has 0 saturated carbocycles. The van der Waals surface area contributed by atoms with Crippen molar-refractivity contribution in [3.63, 3.8) is 0 Å². The number of carbonyl (C=O) groups excluding carboxylic acids is 4. The molecule has 1 fully saturated rings. The Morgan fingerprint density at radius 1 is 0.722 bits per heavy atom. The Balaban J connectivity index is 0.688. The summed E-state index contributed by atoms with van der Waals surface area (Å²) in [6, 6.07) is 48.3. The van der Waals surface area contributed by atoms with Gasteiger partial charge in [0, 0.05) is 44.3 Å². The van der Waals surface area contributed by atoms with Gasteiger partial charge in [0.2, 0.25) is 0 Å². The van der Waals surface area contributed by atoms with Crippen LogP contribution < -0.4 is 14.8 Å². The van der Waals surface area contributed by atoms with E-state index in [0.29, 0.717) is 41.1 Å². The van der Waals surface area contributed by atoms with Gasteiger partial charge in [0.15, 0.2) is 22.8 Å². The molecule has 2 amide bonds. The minimum Gasteiger partial charge on any atom is -0.497 e. The zero-order valence-corrected chi connectivity index (χ0v) is 44.0. The molecule has 2 aliphatic rings. The molecule has 2 N–H and O–H groups in total. The number of fused-ring (bicyclic) bond motifs is 4. The Morgan fingerprint density at radius 2 is 1.34 bits per heavy atom. The predicted octanol–water partition coefficient (Wildman–Crippen LogP) is 9.46. The number of hydrogen-bond acceptors (Lipinski definition) is 14. The molecule has 1 aliphatic carbocycles. The van der Waals surface area contributed by atoms with Crippen molar-refractivity contribution in [1.29, 1.82) is 0 Å². The monoisotopic (exact) mass is 1060 g/mol. The lowest BCUT2D eigenvalue weighted by Gasteiger charge is -2.37. The van der Waals surface area contributed by atoms with Crippen LogP contribution in [-0.4, -0.2) is 113 Å². The Bertz CT molecular complexity index is 3330. The zero-order valence-electron chi connectivity index (χ0n) is 44.0. The fraction of sp³-hybridized carbons (Fsp3) is 0.274. The summed E-state index contributed by atoms with van der Waals surface area (Å²) in [5.41, 5.74) is 7.84. The highest BCUT2D eigenvalue weighted by molar-refractivity contribution is 6.06. The van der Waals surface area contributed by atoms with E-state index in [1.807, 2.05) is 103 Å². The molecule has 6 aromatic carbocycles. The molecule has 10 rings (SSSR count). The van der Waals surface area contributed by atoms with E-state index in [1.54, 1.807) is 56.4 Å². The van der Waals surface area contributed by atoms with Crippen LogP contribution in [0.5, 0.6) is 11.5 Å². The summed E-state index contributed by atoms with van der Waals surface area (Å²) < 4.78 is 37.2. The number of aliphatic hydroxyl groups excluding tert-OH is 1.